The van der Waals surface area contributed by atoms with Gasteiger partial charge in [0.25, 0.3) is 0 Å². The minimum atomic E-state index is -0.498. The molecule has 0 radical (unpaired) electrons. The molecule has 1 aromatic carbocycles. The van der Waals surface area contributed by atoms with Gasteiger partial charge in [0.2, 0.25) is 11.8 Å². The van der Waals surface area contributed by atoms with Gasteiger partial charge in [-0.3, -0.25) is 14.9 Å². The molecule has 2 saturated heterocycles. The molecule has 2 heterocycles. The Balaban J connectivity index is 1.69. The predicted octanol–water partition coefficient (Wildman–Crippen LogP) is 0.452. The minimum Gasteiger partial charge on any atom is -0.374 e. The summed E-state index contributed by atoms with van der Waals surface area (Å²) in [5.41, 5.74) is 1.13. The number of halogens is 1. The van der Waals surface area contributed by atoms with E-state index in [2.05, 4.69) is 16.0 Å². The Bertz CT molecular complexity index is 587. The molecule has 0 aromatic heterocycles. The lowest BCUT2D eigenvalue weighted by molar-refractivity contribution is -0.133. The number of anilines is 2. The highest BCUT2D eigenvalue weighted by atomic mass is 19.1. The zero-order valence-electron chi connectivity index (χ0n) is 12.2. The van der Waals surface area contributed by atoms with Gasteiger partial charge in [-0.15, -0.1) is 0 Å². The molecule has 2 aliphatic heterocycles. The topological polar surface area (TPSA) is 73.5 Å². The third kappa shape index (κ3) is 3.19. The number of hydrogen-bond acceptors (Lipinski definition) is 5. The lowest BCUT2D eigenvalue weighted by Crippen LogP contribution is -2.47. The summed E-state index contributed by atoms with van der Waals surface area (Å²) < 4.78 is 14.3. The number of piperidine rings is 1. The number of carbonyl (C=O) groups excluding carboxylic acids is 2. The Morgan fingerprint density at radius 1 is 1.23 bits per heavy atom. The van der Waals surface area contributed by atoms with Gasteiger partial charge >= 0.3 is 0 Å². The number of nitrogens with zero attached hydrogens (tertiary/aromatic N) is 1. The molecule has 0 aliphatic carbocycles. The quantitative estimate of drug-likeness (QED) is 0.707. The second kappa shape index (κ2) is 6.31. The molecule has 22 heavy (non-hydrogen) atoms. The molecular formula is C15H19FN4O2. The molecule has 7 heteroatoms. The zero-order chi connectivity index (χ0) is 15.5. The monoisotopic (exact) mass is 306 g/mol. The van der Waals surface area contributed by atoms with Crippen LogP contribution in [0, 0.1) is 5.82 Å². The van der Waals surface area contributed by atoms with Gasteiger partial charge in [-0.2, -0.15) is 0 Å². The Morgan fingerprint density at radius 2 is 2.00 bits per heavy atom. The van der Waals surface area contributed by atoms with Crippen LogP contribution in [0.3, 0.4) is 0 Å². The maximum absolute atomic E-state index is 14.3. The summed E-state index contributed by atoms with van der Waals surface area (Å²) in [6.07, 6.45) is 0.719. The Kier molecular flexibility index (Phi) is 4.24. The van der Waals surface area contributed by atoms with Gasteiger partial charge in [0.1, 0.15) is 11.9 Å². The van der Waals surface area contributed by atoms with Crippen LogP contribution in [0.2, 0.25) is 0 Å². The van der Waals surface area contributed by atoms with Crippen LogP contribution in [0.4, 0.5) is 15.8 Å². The van der Waals surface area contributed by atoms with E-state index in [0.29, 0.717) is 24.2 Å². The van der Waals surface area contributed by atoms with Crippen molar-refractivity contribution in [2.45, 2.75) is 18.9 Å². The van der Waals surface area contributed by atoms with Crippen molar-refractivity contribution in [2.75, 3.05) is 36.4 Å². The highest BCUT2D eigenvalue weighted by Gasteiger charge is 2.26. The summed E-state index contributed by atoms with van der Waals surface area (Å²) in [6, 6.07) is 4.40. The highest BCUT2D eigenvalue weighted by Crippen LogP contribution is 2.24. The first-order chi connectivity index (χ1) is 10.6. The van der Waals surface area contributed by atoms with Gasteiger partial charge in [0.15, 0.2) is 0 Å². The van der Waals surface area contributed by atoms with Crippen molar-refractivity contribution in [1.29, 1.82) is 0 Å². The molecule has 0 bridgehead atoms. The molecular weight excluding hydrogens is 287 g/mol. The summed E-state index contributed by atoms with van der Waals surface area (Å²) >= 11 is 0. The molecule has 6 nitrogen and oxygen atoms in total. The van der Waals surface area contributed by atoms with Crippen molar-refractivity contribution in [3.63, 3.8) is 0 Å². The SMILES string of the molecule is O=C1CC[C@@H](Nc2ccc(N3CCNCC3)c(F)c2)C(=O)N1. The van der Waals surface area contributed by atoms with Crippen LogP contribution in [-0.2, 0) is 9.59 Å². The molecule has 0 unspecified atom stereocenters. The minimum absolute atomic E-state index is 0.261. The largest absolute Gasteiger partial charge is 0.374 e. The maximum Gasteiger partial charge on any atom is 0.249 e. The van der Waals surface area contributed by atoms with E-state index in [1.54, 1.807) is 12.1 Å². The van der Waals surface area contributed by atoms with Gasteiger partial charge in [-0.05, 0) is 24.6 Å². The van der Waals surface area contributed by atoms with Crippen LogP contribution in [0.1, 0.15) is 12.8 Å². The molecule has 3 rings (SSSR count). The summed E-state index contributed by atoms with van der Waals surface area (Å²) in [4.78, 5) is 24.8. The molecule has 1 aromatic rings. The van der Waals surface area contributed by atoms with E-state index in [1.165, 1.54) is 6.07 Å². The number of rotatable bonds is 3. The van der Waals surface area contributed by atoms with Crippen LogP contribution in [0.15, 0.2) is 18.2 Å². The van der Waals surface area contributed by atoms with Crippen molar-refractivity contribution in [3.8, 4) is 0 Å². The fourth-order valence-electron chi connectivity index (χ4n) is 2.79. The number of piperazine rings is 1. The summed E-state index contributed by atoms with van der Waals surface area (Å²) in [6.45, 7) is 3.24. The van der Waals surface area contributed by atoms with Crippen molar-refractivity contribution >= 4 is 23.2 Å². The number of benzene rings is 1. The molecule has 0 saturated carbocycles. The first-order valence-corrected chi connectivity index (χ1v) is 7.49. The van der Waals surface area contributed by atoms with Crippen LogP contribution >= 0.6 is 0 Å². The van der Waals surface area contributed by atoms with E-state index in [1.807, 2.05) is 4.90 Å². The van der Waals surface area contributed by atoms with Crippen molar-refractivity contribution < 1.29 is 14.0 Å². The first-order valence-electron chi connectivity index (χ1n) is 7.49. The summed E-state index contributed by atoms with van der Waals surface area (Å²) in [5, 5.41) is 8.49. The van der Waals surface area contributed by atoms with Crippen LogP contribution in [0.25, 0.3) is 0 Å². The van der Waals surface area contributed by atoms with Gasteiger partial charge in [0.05, 0.1) is 5.69 Å². The predicted molar refractivity (Wildman–Crippen MR) is 81.3 cm³/mol. The number of carbonyl (C=O) groups is 2. The van der Waals surface area contributed by atoms with E-state index in [-0.39, 0.29) is 17.6 Å². The average Bonchev–Trinajstić information content (AvgIpc) is 2.51. The Labute approximate surface area is 128 Å². The van der Waals surface area contributed by atoms with Crippen molar-refractivity contribution in [2.24, 2.45) is 0 Å². The van der Waals surface area contributed by atoms with Crippen LogP contribution in [0.5, 0.6) is 0 Å². The second-order valence-corrected chi connectivity index (χ2v) is 5.55. The molecule has 1 atom stereocenters. The van der Waals surface area contributed by atoms with E-state index in [4.69, 9.17) is 0 Å². The Morgan fingerprint density at radius 3 is 2.68 bits per heavy atom. The van der Waals surface area contributed by atoms with Gasteiger partial charge in [0, 0.05) is 38.3 Å². The number of nitrogens with one attached hydrogen (secondary N) is 3. The van der Waals surface area contributed by atoms with Crippen LogP contribution in [-0.4, -0.2) is 44.0 Å². The Hall–Kier alpha value is -2.15. The van der Waals surface area contributed by atoms with E-state index < -0.39 is 6.04 Å². The van der Waals surface area contributed by atoms with E-state index in [0.717, 1.165) is 26.2 Å². The van der Waals surface area contributed by atoms with Gasteiger partial charge < -0.3 is 15.5 Å². The molecule has 2 amide bonds. The number of amides is 2. The molecule has 2 aliphatic rings. The second-order valence-electron chi connectivity index (χ2n) is 5.55. The fourth-order valence-corrected chi connectivity index (χ4v) is 2.79. The third-order valence-corrected chi connectivity index (χ3v) is 3.99. The van der Waals surface area contributed by atoms with E-state index in [9.17, 15) is 14.0 Å². The maximum atomic E-state index is 14.3. The summed E-state index contributed by atoms with van der Waals surface area (Å²) in [5.74, 6) is -0.926. The van der Waals surface area contributed by atoms with Crippen molar-refractivity contribution in [3.05, 3.63) is 24.0 Å². The smallest absolute Gasteiger partial charge is 0.249 e. The lowest BCUT2D eigenvalue weighted by Gasteiger charge is -2.30. The average molecular weight is 306 g/mol. The molecule has 3 N–H and O–H groups in total. The standard InChI is InChI=1S/C15H19FN4O2/c16-11-9-10(18-12-2-4-14(21)19-15(12)22)1-3-13(11)20-7-5-17-6-8-20/h1,3,9,12,17-18H,2,4-8H2,(H,19,21,22)/t12-/m1/s1. The third-order valence-electron chi connectivity index (χ3n) is 3.99. The number of hydrogen-bond donors (Lipinski definition) is 3. The van der Waals surface area contributed by atoms with Gasteiger partial charge in [-0.25, -0.2) is 4.39 Å². The molecule has 2 fully saturated rings. The first kappa shape index (κ1) is 14.8. The van der Waals surface area contributed by atoms with Gasteiger partial charge in [-0.1, -0.05) is 0 Å². The highest BCUT2D eigenvalue weighted by molar-refractivity contribution is 6.01. The molecule has 118 valence electrons. The van der Waals surface area contributed by atoms with E-state index >= 15 is 0 Å². The molecule has 0 spiro atoms. The zero-order valence-corrected chi connectivity index (χ0v) is 12.2. The fraction of sp³-hybridized carbons (Fsp3) is 0.467. The number of imide groups is 1. The normalized spacial score (nSPS) is 22.4. The summed E-state index contributed by atoms with van der Waals surface area (Å²) in [7, 11) is 0. The van der Waals surface area contributed by atoms with Crippen LogP contribution < -0.4 is 20.9 Å². The lowest BCUT2D eigenvalue weighted by atomic mass is 10.1. The van der Waals surface area contributed by atoms with Crippen molar-refractivity contribution in [1.82, 2.24) is 10.6 Å².